The van der Waals surface area contributed by atoms with E-state index in [1.807, 2.05) is 0 Å². The van der Waals surface area contributed by atoms with E-state index in [-0.39, 0.29) is 17.5 Å². The summed E-state index contributed by atoms with van der Waals surface area (Å²) in [7, 11) is -2.65. The number of hydrogen-bond donors (Lipinski definition) is 4. The fourth-order valence-corrected chi connectivity index (χ4v) is 3.80. The zero-order valence-electron chi connectivity index (χ0n) is 9.63. The van der Waals surface area contributed by atoms with E-state index in [2.05, 4.69) is 10.6 Å². The number of hydrogen-bond acceptors (Lipinski definition) is 3. The molecule has 0 radical (unpaired) electrons. The molecule has 1 aliphatic rings. The molecule has 2 atom stereocenters. The molecule has 7 heteroatoms. The van der Waals surface area contributed by atoms with Crippen molar-refractivity contribution in [1.82, 2.24) is 5.32 Å². The number of phenols is 1. The van der Waals surface area contributed by atoms with Crippen molar-refractivity contribution < 1.29 is 13.9 Å². The van der Waals surface area contributed by atoms with E-state index < -0.39 is 10.2 Å². The highest BCUT2D eigenvalue weighted by Gasteiger charge is 2.38. The molecular formula is C11H15N2O3S2+. The molecule has 98 valence electrons. The van der Waals surface area contributed by atoms with Gasteiger partial charge in [0.1, 0.15) is 11.5 Å². The molecular weight excluding hydrogens is 272 g/mol. The Morgan fingerprint density at radius 2 is 2.06 bits per heavy atom. The molecule has 2 rings (SSSR count). The van der Waals surface area contributed by atoms with Crippen molar-refractivity contribution in [2.75, 3.05) is 16.8 Å². The summed E-state index contributed by atoms with van der Waals surface area (Å²) < 4.78 is 20.8. The molecule has 1 aromatic rings. The first-order chi connectivity index (χ1) is 8.44. The quantitative estimate of drug-likeness (QED) is 0.374. The van der Waals surface area contributed by atoms with E-state index in [1.165, 1.54) is 0 Å². The van der Waals surface area contributed by atoms with Gasteiger partial charge >= 0.3 is 0 Å². The summed E-state index contributed by atoms with van der Waals surface area (Å²) in [6.07, 6.45) is 0.646. The maximum absolute atomic E-state index is 11.4. The first kappa shape index (κ1) is 13.3. The normalized spacial score (nSPS) is 26.8. The molecule has 1 fully saturated rings. The molecule has 1 aliphatic heterocycles. The molecule has 18 heavy (non-hydrogen) atoms. The van der Waals surface area contributed by atoms with Crippen molar-refractivity contribution >= 4 is 33.2 Å². The van der Waals surface area contributed by atoms with E-state index in [1.54, 1.807) is 24.3 Å². The molecule has 0 amide bonds. The van der Waals surface area contributed by atoms with Gasteiger partial charge < -0.3 is 15.7 Å². The number of benzene rings is 1. The lowest BCUT2D eigenvalue weighted by Crippen LogP contribution is -2.38. The monoisotopic (exact) mass is 287 g/mol. The first-order valence-electron chi connectivity index (χ1n) is 5.53. The second-order valence-corrected chi connectivity index (χ2v) is 6.97. The van der Waals surface area contributed by atoms with Crippen LogP contribution < -0.4 is 10.6 Å². The van der Waals surface area contributed by atoms with Crippen LogP contribution in [0.4, 0.5) is 5.69 Å². The molecule has 0 spiro atoms. The Morgan fingerprint density at radius 3 is 2.61 bits per heavy atom. The lowest BCUT2D eigenvalue weighted by molar-refractivity contribution is 0.475. The Balaban J connectivity index is 1.86. The summed E-state index contributed by atoms with van der Waals surface area (Å²) in [6, 6.07) is 6.46. The third kappa shape index (κ3) is 3.66. The van der Waals surface area contributed by atoms with Gasteiger partial charge in [-0.2, -0.15) is 4.55 Å². The minimum absolute atomic E-state index is 0.0559. The Labute approximate surface area is 112 Å². The van der Waals surface area contributed by atoms with Crippen molar-refractivity contribution in [2.24, 2.45) is 0 Å². The zero-order valence-corrected chi connectivity index (χ0v) is 11.3. The summed E-state index contributed by atoms with van der Waals surface area (Å²) in [6.45, 7) is 0. The van der Waals surface area contributed by atoms with Crippen LogP contribution in [-0.2, 0) is 14.4 Å². The van der Waals surface area contributed by atoms with Gasteiger partial charge in [-0.3, -0.25) is 0 Å². The fourth-order valence-electron chi connectivity index (χ4n) is 1.82. The summed E-state index contributed by atoms with van der Waals surface area (Å²) in [5.41, 5.74) is 0.757. The third-order valence-corrected chi connectivity index (χ3v) is 4.72. The summed E-state index contributed by atoms with van der Waals surface area (Å²) in [4.78, 5) is 0. The predicted molar refractivity (Wildman–Crippen MR) is 76.3 cm³/mol. The van der Waals surface area contributed by atoms with Crippen molar-refractivity contribution in [3.05, 3.63) is 24.3 Å². The van der Waals surface area contributed by atoms with Crippen LogP contribution >= 0.6 is 12.2 Å². The first-order valence-corrected chi connectivity index (χ1v) is 7.79. The minimum atomic E-state index is -2.65. The lowest BCUT2D eigenvalue weighted by Gasteiger charge is -2.13. The van der Waals surface area contributed by atoms with Gasteiger partial charge in [0.25, 0.3) is 0 Å². The fraction of sp³-hybridized carbons (Fsp3) is 0.364. The van der Waals surface area contributed by atoms with Crippen LogP contribution in [0.2, 0.25) is 0 Å². The van der Waals surface area contributed by atoms with Gasteiger partial charge in [-0.15, -0.1) is 0 Å². The van der Waals surface area contributed by atoms with Gasteiger partial charge in [-0.1, -0.05) is 4.21 Å². The topological polar surface area (TPSA) is 81.6 Å². The molecule has 1 saturated heterocycles. The third-order valence-electron chi connectivity index (χ3n) is 2.71. The maximum Gasteiger partial charge on any atom is 0.216 e. The molecule has 0 aliphatic carbocycles. The van der Waals surface area contributed by atoms with Crippen LogP contribution in [0.1, 0.15) is 6.42 Å². The second-order valence-electron chi connectivity index (χ2n) is 4.27. The van der Waals surface area contributed by atoms with Crippen LogP contribution in [0.5, 0.6) is 5.75 Å². The van der Waals surface area contributed by atoms with Crippen molar-refractivity contribution in [2.45, 2.75) is 12.5 Å². The van der Waals surface area contributed by atoms with E-state index in [9.17, 15) is 8.76 Å². The summed E-state index contributed by atoms with van der Waals surface area (Å²) in [5.74, 6) is 0.756. The molecule has 1 unspecified atom stereocenters. The molecule has 4 N–H and O–H groups in total. The standard InChI is InChI=1S/C11H14N2O3S2/c14-10-3-1-8(2-4-10)12-11(17)13-9-5-6-18(15,16)7-9/h1-4,9H,5-7H2,(H3-,12,13,14,15,16,17)/p+1/t9-/m0/s1. The highest BCUT2D eigenvalue weighted by Crippen LogP contribution is 2.17. The Bertz CT molecular complexity index is 490. The van der Waals surface area contributed by atoms with Crippen molar-refractivity contribution in [1.29, 1.82) is 0 Å². The molecule has 5 nitrogen and oxygen atoms in total. The van der Waals surface area contributed by atoms with E-state index >= 15 is 0 Å². The zero-order chi connectivity index (χ0) is 13.2. The van der Waals surface area contributed by atoms with Gasteiger partial charge in [-0.25, -0.2) is 0 Å². The second kappa shape index (κ2) is 5.21. The van der Waals surface area contributed by atoms with Crippen LogP contribution in [-0.4, -0.2) is 32.3 Å². The smallest absolute Gasteiger partial charge is 0.216 e. The molecule has 0 aromatic heterocycles. The Kier molecular flexibility index (Phi) is 3.84. The van der Waals surface area contributed by atoms with Crippen molar-refractivity contribution in [3.63, 3.8) is 0 Å². The largest absolute Gasteiger partial charge is 0.508 e. The number of nitrogens with one attached hydrogen (secondary N) is 2. The lowest BCUT2D eigenvalue weighted by atomic mass is 10.3. The van der Waals surface area contributed by atoms with Gasteiger partial charge in [0.2, 0.25) is 10.2 Å². The molecule has 1 heterocycles. The number of thiocarbonyl (C=S) groups is 1. The van der Waals surface area contributed by atoms with E-state index in [0.717, 1.165) is 5.69 Å². The molecule has 0 bridgehead atoms. The highest BCUT2D eigenvalue weighted by molar-refractivity contribution is 7.98. The maximum atomic E-state index is 11.4. The number of rotatable bonds is 2. The summed E-state index contributed by atoms with van der Waals surface area (Å²) in [5, 5.41) is 15.5. The SMILES string of the molecule is O=[S+]1(O)CC[C@H](NC(=S)Nc2ccc(O)cc2)C1. The van der Waals surface area contributed by atoms with Crippen LogP contribution in [0.25, 0.3) is 0 Å². The number of anilines is 1. The highest BCUT2D eigenvalue weighted by atomic mass is 32.3. The van der Waals surface area contributed by atoms with Gasteiger partial charge in [0, 0.05) is 12.1 Å². The van der Waals surface area contributed by atoms with Crippen LogP contribution in [0.3, 0.4) is 0 Å². The molecule has 0 saturated carbocycles. The van der Waals surface area contributed by atoms with Crippen LogP contribution in [0, 0.1) is 0 Å². The van der Waals surface area contributed by atoms with Crippen molar-refractivity contribution in [3.8, 4) is 5.75 Å². The van der Waals surface area contributed by atoms with Gasteiger partial charge in [0.15, 0.2) is 10.9 Å². The van der Waals surface area contributed by atoms with E-state index in [4.69, 9.17) is 17.3 Å². The Hall–Kier alpha value is -1.18. The predicted octanol–water partition coefficient (Wildman–Crippen LogP) is 1.42. The summed E-state index contributed by atoms with van der Waals surface area (Å²) >= 11 is 5.12. The van der Waals surface area contributed by atoms with E-state index in [0.29, 0.717) is 17.3 Å². The average Bonchev–Trinajstić information content (AvgIpc) is 2.61. The number of phenolic OH excluding ortho intramolecular Hbond substituents is 1. The van der Waals surface area contributed by atoms with Gasteiger partial charge in [0.05, 0.1) is 6.04 Å². The van der Waals surface area contributed by atoms with Gasteiger partial charge in [-0.05, 0) is 36.5 Å². The number of aromatic hydroxyl groups is 1. The Morgan fingerprint density at radius 1 is 1.39 bits per heavy atom. The average molecular weight is 287 g/mol. The molecule has 1 aromatic carbocycles. The van der Waals surface area contributed by atoms with Crippen LogP contribution in [0.15, 0.2) is 24.3 Å². The minimum Gasteiger partial charge on any atom is -0.508 e.